The fourth-order valence-electron chi connectivity index (χ4n) is 11.9. The Morgan fingerprint density at radius 1 is 0.416 bits per heavy atom. The Bertz CT molecular complexity index is 6810. The van der Waals surface area contributed by atoms with Crippen LogP contribution in [0, 0.1) is 59.1 Å². The van der Waals surface area contributed by atoms with E-state index in [1.807, 2.05) is 0 Å². The monoisotopic (exact) mass is 1180 g/mol. The van der Waals surface area contributed by atoms with Gasteiger partial charge in [-0.15, -0.1) is 0 Å². The number of rotatable bonds is 4. The van der Waals surface area contributed by atoms with Gasteiger partial charge in [0, 0.05) is 72.1 Å². The molecule has 0 amide bonds. The quantitative estimate of drug-likeness (QED) is 0.0823. The van der Waals surface area contributed by atoms with Crippen LogP contribution in [0.2, 0.25) is 0 Å². The van der Waals surface area contributed by atoms with Crippen molar-refractivity contribution in [3.8, 4) is 34.9 Å². The predicted molar refractivity (Wildman–Crippen MR) is 348 cm³/mol. The van der Waals surface area contributed by atoms with E-state index in [1.165, 1.54) is 106 Å². The van der Waals surface area contributed by atoms with Crippen molar-refractivity contribution >= 4 is 116 Å². The summed E-state index contributed by atoms with van der Waals surface area (Å²) in [5, 5.41) is 23.3. The van der Waals surface area contributed by atoms with Gasteiger partial charge in [0.25, 0.3) is 5.69 Å². The highest BCUT2D eigenvalue weighted by molar-refractivity contribution is 6.16. The van der Waals surface area contributed by atoms with Crippen molar-refractivity contribution in [2.45, 2.75) is 12.8 Å². The Morgan fingerprint density at radius 3 is 1.31 bits per heavy atom. The number of aromatic amines is 1. The van der Waals surface area contributed by atoms with Crippen LogP contribution in [0.25, 0.3) is 137 Å². The molecule has 89 heavy (non-hydrogen) atoms. The zero-order chi connectivity index (χ0) is 77.1. The standard InChI is InChI=1S/C56H34N6.C12H9N.C8F4N2/c1-58-52-53(59-44-26-10-2-18-35(44)36-19-3-11-27-45(36)59)43(34-57)54(60-46-28-12-4-20-37(46)38-21-5-13-29-47(38)60)56(62-50-32-16-8-24-41(50)42-25-9-17-33-51(42)62)55(52)61-48-30-14-6-22-39(48)40-23-7-15-31-49(40)61;1-3-7-11-9(5-1)10-6-2-4-8-12(10)13-11;1-14-8-5(10)3(2-13)4(9)6(11)7(8)12/h2-12,14-28,30-33H,13,29H2;1-8,13H;/i2D,10D,11D,12D,13D,14D,15D,16D,17D,19D,20D,22D,23D,24D,25D;3D,4D,5D,6D;. The van der Waals surface area contributed by atoms with Crippen molar-refractivity contribution in [3.63, 3.8) is 0 Å². The molecule has 5 heterocycles. The third kappa shape index (κ3) is 8.04. The first-order chi connectivity index (χ1) is 51.4. The number of hydrogen-bond donors (Lipinski definition) is 1. The Morgan fingerprint density at radius 2 is 0.820 bits per heavy atom. The van der Waals surface area contributed by atoms with E-state index in [9.17, 15) is 39.0 Å². The minimum Gasteiger partial charge on any atom is -0.355 e. The average molecular weight is 1180 g/mol. The van der Waals surface area contributed by atoms with Crippen molar-refractivity contribution < 1.29 is 43.6 Å². The second-order valence-electron chi connectivity index (χ2n) is 20.0. The molecule has 1 aliphatic carbocycles. The third-order valence-electron chi connectivity index (χ3n) is 15.5. The van der Waals surface area contributed by atoms with Crippen molar-refractivity contribution in [3.05, 3.63) is 293 Å². The smallest absolute Gasteiger partial charge is 0.261 e. The fraction of sp³-hybridized carbons (Fsp3) is 0.0263. The number of hydrogen-bond acceptors (Lipinski definition) is 2. The molecule has 1 aliphatic rings. The molecule has 0 saturated heterocycles. The van der Waals surface area contributed by atoms with Gasteiger partial charge in [-0.05, 0) is 67.4 Å². The molecule has 0 saturated carbocycles. The van der Waals surface area contributed by atoms with Crippen molar-refractivity contribution in [2.75, 3.05) is 0 Å². The molecular formula is C76H43F4N9. The van der Waals surface area contributed by atoms with Gasteiger partial charge in [-0.3, -0.25) is 0 Å². The Hall–Kier alpha value is -12.4. The van der Waals surface area contributed by atoms with E-state index in [0.29, 0.717) is 38.4 Å². The van der Waals surface area contributed by atoms with Crippen LogP contribution in [-0.2, 0) is 6.42 Å². The lowest BCUT2D eigenvalue weighted by Gasteiger charge is -2.28. The first kappa shape index (κ1) is 36.4. The first-order valence-electron chi connectivity index (χ1n) is 36.5. The Balaban J connectivity index is 0.000000246. The van der Waals surface area contributed by atoms with E-state index < -0.39 is 40.9 Å². The number of nitrogens with one attached hydrogen (secondary N) is 1. The summed E-state index contributed by atoms with van der Waals surface area (Å²) in [5.41, 5.74) is -0.655. The van der Waals surface area contributed by atoms with Gasteiger partial charge in [0.15, 0.2) is 23.3 Å². The van der Waals surface area contributed by atoms with Crippen LogP contribution in [0.3, 0.4) is 0 Å². The van der Waals surface area contributed by atoms with Crippen molar-refractivity contribution in [1.82, 2.24) is 23.3 Å². The maximum absolute atomic E-state index is 12.9. The van der Waals surface area contributed by atoms with E-state index in [0.717, 1.165) is 6.07 Å². The number of nitrogens with zero attached hydrogens (tertiary/aromatic N) is 8. The van der Waals surface area contributed by atoms with Gasteiger partial charge < -0.3 is 23.3 Å². The lowest BCUT2D eigenvalue weighted by atomic mass is 10.0. The van der Waals surface area contributed by atoms with Gasteiger partial charge in [0.1, 0.15) is 17.7 Å². The topological polar surface area (TPSA) is 91.8 Å². The number of halogens is 4. The summed E-state index contributed by atoms with van der Waals surface area (Å²) in [7, 11) is 0. The highest BCUT2D eigenvalue weighted by atomic mass is 19.2. The number of aromatic nitrogens is 5. The summed E-state index contributed by atoms with van der Waals surface area (Å²) in [4.78, 5) is 9.71. The highest BCUT2D eigenvalue weighted by Gasteiger charge is 2.35. The second-order valence-corrected chi connectivity index (χ2v) is 20.0. The molecular weight excluding hydrogens is 1110 g/mol. The van der Waals surface area contributed by atoms with Crippen molar-refractivity contribution in [2.24, 2.45) is 0 Å². The van der Waals surface area contributed by atoms with Gasteiger partial charge in [0.05, 0.1) is 105 Å². The van der Waals surface area contributed by atoms with E-state index >= 15 is 0 Å². The van der Waals surface area contributed by atoms with Crippen LogP contribution < -0.4 is 0 Å². The SMILES string of the molecule is [2H]c1cc([2H])c2c(c1)[nH]c1cc([2H])cc([2H])c12.[2H]c1cc([2H])c2c3c(n(-c4c(C#N)c(-n5c6cc([2H])c([2H])cc6c6c([2H])cc([2H])cc65)c([N+]#[C-])c(-n5c6cc([2H])cc([2H])c6c6c([2H])cc([2H])cc65)c4-n4c5cc([2H])cc([2H])c5c5c([2H])cc([2H])cc54)c2c1)CC([2H])C=C3.[C-]#[N+]c1c(F)c(F)c(F)c(C#N)c1F. The molecule has 0 fully saturated rings. The molecule has 9 nitrogen and oxygen atoms in total. The molecule has 17 rings (SSSR count). The number of para-hydroxylation sites is 9. The molecule has 5 aromatic heterocycles. The molecule has 0 radical (unpaired) electrons. The number of allylic oxidation sites excluding steroid dienone is 1. The number of nitriles is 2. The van der Waals surface area contributed by atoms with Crippen molar-refractivity contribution in [1.29, 1.82) is 10.5 Å². The minimum atomic E-state index is -2.02. The van der Waals surface area contributed by atoms with Gasteiger partial charge in [-0.2, -0.15) is 10.5 Å². The van der Waals surface area contributed by atoms with E-state index in [-0.39, 0.29) is 220 Å². The zero-order valence-corrected chi connectivity index (χ0v) is 45.4. The third-order valence-corrected chi connectivity index (χ3v) is 15.5. The van der Waals surface area contributed by atoms with Crippen LogP contribution in [-0.4, -0.2) is 23.3 Å². The van der Waals surface area contributed by atoms with Crippen LogP contribution >= 0.6 is 0 Å². The maximum atomic E-state index is 12.9. The lowest BCUT2D eigenvalue weighted by Crippen LogP contribution is -2.16. The van der Waals surface area contributed by atoms with Gasteiger partial charge >= 0.3 is 0 Å². The summed E-state index contributed by atoms with van der Waals surface area (Å²) in [6, 6.07) is 27.8. The summed E-state index contributed by atoms with van der Waals surface area (Å²) < 4.78 is 226. The Labute approximate surface area is 531 Å². The van der Waals surface area contributed by atoms with Crippen LogP contribution in [0.1, 0.15) is 54.8 Å². The fourth-order valence-corrected chi connectivity index (χ4v) is 11.9. The Kier molecular flexibility index (Phi) is 8.71. The molecule has 13 heteroatoms. The highest BCUT2D eigenvalue weighted by Crippen LogP contribution is 2.52. The number of benzene rings is 11. The maximum Gasteiger partial charge on any atom is 0.261 e. The molecule has 0 spiro atoms. The lowest BCUT2D eigenvalue weighted by molar-refractivity contribution is 0.436. The summed E-state index contributed by atoms with van der Waals surface area (Å²) in [6.45, 7) is 15.8. The van der Waals surface area contributed by atoms with E-state index in [4.69, 9.17) is 28.3 Å². The second kappa shape index (κ2) is 21.3. The van der Waals surface area contributed by atoms with Gasteiger partial charge in [-0.25, -0.2) is 27.3 Å². The molecule has 11 aromatic carbocycles. The molecule has 0 bridgehead atoms. The van der Waals surface area contributed by atoms with E-state index in [1.54, 1.807) is 33.4 Å². The predicted octanol–water partition coefficient (Wildman–Crippen LogP) is 20.3. The molecule has 1 N–H and O–H groups in total. The molecule has 16 aromatic rings. The first-order valence-corrected chi connectivity index (χ1v) is 26.9. The minimum absolute atomic E-state index is 0.0278. The van der Waals surface area contributed by atoms with Crippen LogP contribution in [0.5, 0.6) is 0 Å². The van der Waals surface area contributed by atoms with Gasteiger partial charge in [0.2, 0.25) is 5.69 Å². The normalized spacial score (nSPS) is 15.7. The largest absolute Gasteiger partial charge is 0.355 e. The molecule has 1 unspecified atom stereocenters. The molecule has 420 valence electrons. The number of H-pyrrole nitrogens is 1. The summed E-state index contributed by atoms with van der Waals surface area (Å²) >= 11 is 0. The zero-order valence-electron chi connectivity index (χ0n) is 64.4. The van der Waals surface area contributed by atoms with Crippen LogP contribution in [0.15, 0.2) is 224 Å². The summed E-state index contributed by atoms with van der Waals surface area (Å²) in [6.07, 6.45) is 2.45. The van der Waals surface area contributed by atoms with Crippen LogP contribution in [0.4, 0.5) is 28.9 Å². The molecule has 1 atom stereocenters. The van der Waals surface area contributed by atoms with Gasteiger partial charge in [-0.1, -0.05) is 176 Å². The van der Waals surface area contributed by atoms with E-state index in [2.05, 4.69) is 20.7 Å². The molecule has 0 aliphatic heterocycles. The number of fused-ring (bicyclic) bond motifs is 15. The average Bonchev–Trinajstić information content (AvgIpc) is 1.49. The summed E-state index contributed by atoms with van der Waals surface area (Å²) in [5.74, 6) is -7.54.